The summed E-state index contributed by atoms with van der Waals surface area (Å²) in [7, 11) is 3.25. The molecule has 0 fully saturated rings. The average Bonchev–Trinajstić information content (AvgIpc) is 3.18. The van der Waals surface area contributed by atoms with Crippen LogP contribution in [0.3, 0.4) is 0 Å². The lowest BCUT2D eigenvalue weighted by Crippen LogP contribution is -2.23. The zero-order valence-electron chi connectivity index (χ0n) is 15.3. The van der Waals surface area contributed by atoms with Crippen molar-refractivity contribution < 1.29 is 18.8 Å². The lowest BCUT2D eigenvalue weighted by molar-refractivity contribution is 0.0949. The van der Waals surface area contributed by atoms with Crippen molar-refractivity contribution in [2.45, 2.75) is 13.0 Å². The number of nitrogens with zero attached hydrogens (tertiary/aromatic N) is 2. The van der Waals surface area contributed by atoms with Crippen molar-refractivity contribution in [3.8, 4) is 16.9 Å². The van der Waals surface area contributed by atoms with Crippen LogP contribution in [0.15, 0.2) is 53.1 Å². The minimum atomic E-state index is -0.204. The third-order valence-electron chi connectivity index (χ3n) is 4.00. The van der Waals surface area contributed by atoms with Crippen LogP contribution >= 0.6 is 0 Å². The molecule has 1 heterocycles. The van der Waals surface area contributed by atoms with Gasteiger partial charge in [-0.1, -0.05) is 35.5 Å². The van der Waals surface area contributed by atoms with Gasteiger partial charge < -0.3 is 19.3 Å². The Labute approximate surface area is 157 Å². The molecule has 0 aliphatic heterocycles. The minimum absolute atomic E-state index is 0.198. The number of ether oxygens (including phenoxy) is 2. The van der Waals surface area contributed by atoms with Crippen molar-refractivity contribution >= 4 is 5.91 Å². The predicted molar refractivity (Wildman–Crippen MR) is 99.5 cm³/mol. The molecule has 0 saturated heterocycles. The van der Waals surface area contributed by atoms with E-state index in [2.05, 4.69) is 15.5 Å². The van der Waals surface area contributed by atoms with Crippen molar-refractivity contribution in [2.24, 2.45) is 0 Å². The van der Waals surface area contributed by atoms with Crippen molar-refractivity contribution in [3.05, 3.63) is 65.8 Å². The summed E-state index contributed by atoms with van der Waals surface area (Å²) in [4.78, 5) is 16.5. The second-order valence-corrected chi connectivity index (χ2v) is 5.81. The molecular formula is C20H21N3O4. The molecule has 7 heteroatoms. The zero-order chi connectivity index (χ0) is 19.1. The Bertz CT molecular complexity index is 890. The smallest absolute Gasteiger partial charge is 0.251 e. The SMILES string of the molecule is COCCc1nc(CNC(=O)c2ccc(-c3ccccc3OC)cc2)no1. The third kappa shape index (κ3) is 4.71. The van der Waals surface area contributed by atoms with Crippen LogP contribution in [0, 0.1) is 0 Å². The Morgan fingerprint density at radius 1 is 1.11 bits per heavy atom. The highest BCUT2D eigenvalue weighted by Crippen LogP contribution is 2.29. The summed E-state index contributed by atoms with van der Waals surface area (Å²) in [6.07, 6.45) is 0.544. The molecule has 1 amide bonds. The molecule has 0 unspecified atom stereocenters. The molecule has 1 aromatic heterocycles. The first kappa shape index (κ1) is 18.6. The lowest BCUT2D eigenvalue weighted by atomic mass is 10.0. The normalized spacial score (nSPS) is 10.6. The van der Waals surface area contributed by atoms with E-state index >= 15 is 0 Å². The van der Waals surface area contributed by atoms with Gasteiger partial charge in [-0.25, -0.2) is 0 Å². The molecule has 140 valence electrons. The molecule has 0 atom stereocenters. The topological polar surface area (TPSA) is 86.5 Å². The number of methoxy groups -OCH3 is 2. The Morgan fingerprint density at radius 2 is 1.89 bits per heavy atom. The summed E-state index contributed by atoms with van der Waals surface area (Å²) < 4.78 is 15.4. The van der Waals surface area contributed by atoms with Gasteiger partial charge in [-0.3, -0.25) is 4.79 Å². The monoisotopic (exact) mass is 367 g/mol. The maximum Gasteiger partial charge on any atom is 0.251 e. The van der Waals surface area contributed by atoms with Crippen molar-refractivity contribution in [1.82, 2.24) is 15.5 Å². The van der Waals surface area contributed by atoms with Gasteiger partial charge in [-0.2, -0.15) is 4.98 Å². The number of amides is 1. The molecule has 1 N–H and O–H groups in total. The first-order valence-corrected chi connectivity index (χ1v) is 8.53. The minimum Gasteiger partial charge on any atom is -0.496 e. The second kappa shape index (κ2) is 8.95. The van der Waals surface area contributed by atoms with Gasteiger partial charge in [0.05, 0.1) is 26.7 Å². The van der Waals surface area contributed by atoms with Crippen LogP contribution in [0.4, 0.5) is 0 Å². The number of nitrogens with one attached hydrogen (secondary N) is 1. The van der Waals surface area contributed by atoms with E-state index in [-0.39, 0.29) is 12.5 Å². The van der Waals surface area contributed by atoms with Crippen molar-refractivity contribution in [2.75, 3.05) is 20.8 Å². The van der Waals surface area contributed by atoms with Gasteiger partial charge in [0, 0.05) is 18.2 Å². The van der Waals surface area contributed by atoms with Crippen LogP contribution in [-0.2, 0) is 17.7 Å². The van der Waals surface area contributed by atoms with Crippen LogP contribution in [0.25, 0.3) is 11.1 Å². The third-order valence-corrected chi connectivity index (χ3v) is 4.00. The largest absolute Gasteiger partial charge is 0.496 e. The fourth-order valence-electron chi connectivity index (χ4n) is 2.60. The number of hydrogen-bond donors (Lipinski definition) is 1. The van der Waals surface area contributed by atoms with E-state index in [0.29, 0.717) is 30.3 Å². The van der Waals surface area contributed by atoms with E-state index in [4.69, 9.17) is 14.0 Å². The molecule has 3 aromatic rings. The summed E-state index contributed by atoms with van der Waals surface area (Å²) in [5, 5.41) is 6.62. The van der Waals surface area contributed by atoms with Gasteiger partial charge in [0.2, 0.25) is 5.89 Å². The highest BCUT2D eigenvalue weighted by molar-refractivity contribution is 5.94. The highest BCUT2D eigenvalue weighted by atomic mass is 16.5. The fraction of sp³-hybridized carbons (Fsp3) is 0.250. The van der Waals surface area contributed by atoms with Gasteiger partial charge >= 0.3 is 0 Å². The van der Waals surface area contributed by atoms with Crippen LogP contribution < -0.4 is 10.1 Å². The molecule has 0 saturated carbocycles. The fourth-order valence-corrected chi connectivity index (χ4v) is 2.60. The summed E-state index contributed by atoms with van der Waals surface area (Å²) in [6.45, 7) is 0.704. The molecule has 7 nitrogen and oxygen atoms in total. The number of hydrogen-bond acceptors (Lipinski definition) is 6. The Kier molecular flexibility index (Phi) is 6.17. The number of carbonyl (C=O) groups excluding carboxylic acids is 1. The quantitative estimate of drug-likeness (QED) is 0.659. The Morgan fingerprint density at radius 3 is 2.63 bits per heavy atom. The van der Waals surface area contributed by atoms with Gasteiger partial charge in [-0.15, -0.1) is 0 Å². The first-order chi connectivity index (χ1) is 13.2. The van der Waals surface area contributed by atoms with Gasteiger partial charge in [-0.05, 0) is 23.8 Å². The van der Waals surface area contributed by atoms with E-state index in [9.17, 15) is 4.79 Å². The number of benzene rings is 2. The molecule has 27 heavy (non-hydrogen) atoms. The number of para-hydroxylation sites is 1. The molecule has 0 radical (unpaired) electrons. The maximum atomic E-state index is 12.3. The maximum absolute atomic E-state index is 12.3. The molecule has 3 rings (SSSR count). The average molecular weight is 367 g/mol. The number of aromatic nitrogens is 2. The standard InChI is InChI=1S/C20H21N3O4/c1-25-12-11-19-22-18(23-27-19)13-21-20(24)15-9-7-14(8-10-15)16-5-3-4-6-17(16)26-2/h3-10H,11-13H2,1-2H3,(H,21,24). The highest BCUT2D eigenvalue weighted by Gasteiger charge is 2.11. The Balaban J connectivity index is 1.61. The molecular weight excluding hydrogens is 346 g/mol. The Hall–Kier alpha value is -3.19. The summed E-state index contributed by atoms with van der Waals surface area (Å²) >= 11 is 0. The first-order valence-electron chi connectivity index (χ1n) is 8.53. The summed E-state index contributed by atoms with van der Waals surface area (Å²) in [6, 6.07) is 15.1. The zero-order valence-corrected chi connectivity index (χ0v) is 15.3. The van der Waals surface area contributed by atoms with E-state index < -0.39 is 0 Å². The molecule has 0 aliphatic carbocycles. The van der Waals surface area contributed by atoms with Crippen LogP contribution in [0.2, 0.25) is 0 Å². The number of rotatable bonds is 8. The van der Waals surface area contributed by atoms with E-state index in [0.717, 1.165) is 16.9 Å². The molecule has 2 aromatic carbocycles. The van der Waals surface area contributed by atoms with E-state index in [1.54, 1.807) is 26.4 Å². The van der Waals surface area contributed by atoms with Gasteiger partial charge in [0.1, 0.15) is 5.75 Å². The van der Waals surface area contributed by atoms with Gasteiger partial charge in [0.15, 0.2) is 5.82 Å². The van der Waals surface area contributed by atoms with Crippen LogP contribution in [0.1, 0.15) is 22.1 Å². The molecule has 0 spiro atoms. The number of carbonyl (C=O) groups is 1. The second-order valence-electron chi connectivity index (χ2n) is 5.81. The summed E-state index contributed by atoms with van der Waals surface area (Å²) in [5.41, 5.74) is 2.50. The van der Waals surface area contributed by atoms with Crippen LogP contribution in [0.5, 0.6) is 5.75 Å². The van der Waals surface area contributed by atoms with E-state index in [1.807, 2.05) is 36.4 Å². The lowest BCUT2D eigenvalue weighted by Gasteiger charge is -2.09. The van der Waals surface area contributed by atoms with E-state index in [1.165, 1.54) is 0 Å². The predicted octanol–water partition coefficient (Wildman–Crippen LogP) is 2.86. The van der Waals surface area contributed by atoms with Gasteiger partial charge in [0.25, 0.3) is 5.91 Å². The van der Waals surface area contributed by atoms with Crippen molar-refractivity contribution in [3.63, 3.8) is 0 Å². The van der Waals surface area contributed by atoms with Crippen LogP contribution in [-0.4, -0.2) is 36.9 Å². The van der Waals surface area contributed by atoms with Crippen molar-refractivity contribution in [1.29, 1.82) is 0 Å². The molecule has 0 aliphatic rings. The summed E-state index contributed by atoms with van der Waals surface area (Å²) in [5.74, 6) is 1.50. The molecule has 0 bridgehead atoms.